The Bertz CT molecular complexity index is 1270. The Kier molecular flexibility index (Phi) is 6.59. The van der Waals surface area contributed by atoms with Gasteiger partial charge in [0.15, 0.2) is 10.9 Å². The molecule has 182 valence electrons. The molecule has 0 saturated carbocycles. The Morgan fingerprint density at radius 3 is 2.43 bits per heavy atom. The smallest absolute Gasteiger partial charge is 0.262 e. The lowest BCUT2D eigenvalue weighted by atomic mass is 10.1. The first kappa shape index (κ1) is 23.5. The second-order valence-electron chi connectivity index (χ2n) is 8.34. The number of nitrogens with zero attached hydrogens (tertiary/aromatic N) is 4. The van der Waals surface area contributed by atoms with Crippen molar-refractivity contribution >= 4 is 56.0 Å². The molecule has 0 spiro atoms. The molecule has 9 nitrogen and oxygen atoms in total. The van der Waals surface area contributed by atoms with E-state index < -0.39 is 11.8 Å². The summed E-state index contributed by atoms with van der Waals surface area (Å²) in [5.74, 6) is -0.597. The molecule has 3 amide bonds. The van der Waals surface area contributed by atoms with Gasteiger partial charge in [0.05, 0.1) is 28.0 Å². The second-order valence-corrected chi connectivity index (χ2v) is 9.76. The van der Waals surface area contributed by atoms with Crippen molar-refractivity contribution < 1.29 is 19.1 Å². The van der Waals surface area contributed by atoms with Gasteiger partial charge in [0.1, 0.15) is 12.1 Å². The fourth-order valence-electron chi connectivity index (χ4n) is 4.36. The van der Waals surface area contributed by atoms with Crippen LogP contribution in [-0.2, 0) is 4.79 Å². The second kappa shape index (κ2) is 9.80. The molecule has 1 N–H and O–H groups in total. The summed E-state index contributed by atoms with van der Waals surface area (Å²) in [6, 6.07) is 10.4. The molecule has 2 aliphatic heterocycles. The number of carbonyl (C=O) groups is 3. The molecule has 0 radical (unpaired) electrons. The number of thiazole rings is 1. The Balaban J connectivity index is 1.09. The number of amides is 3. The number of imide groups is 1. The molecule has 0 aliphatic carbocycles. The number of methoxy groups -OCH3 is 1. The van der Waals surface area contributed by atoms with Crippen LogP contribution >= 0.6 is 22.9 Å². The monoisotopic (exact) mass is 513 g/mol. The van der Waals surface area contributed by atoms with Gasteiger partial charge in [-0.25, -0.2) is 4.98 Å². The average Bonchev–Trinajstić information content (AvgIpc) is 3.40. The Hall–Kier alpha value is -3.21. The molecule has 2 aliphatic rings. The van der Waals surface area contributed by atoms with Crippen molar-refractivity contribution in [3.8, 4) is 5.75 Å². The Labute approximate surface area is 211 Å². The summed E-state index contributed by atoms with van der Waals surface area (Å²) in [6.45, 7) is 4.16. The van der Waals surface area contributed by atoms with Crippen LogP contribution in [0.15, 0.2) is 36.4 Å². The molecule has 1 saturated heterocycles. The van der Waals surface area contributed by atoms with E-state index in [1.54, 1.807) is 42.7 Å². The number of hydrogen-bond donors (Lipinski definition) is 1. The molecule has 0 bridgehead atoms. The van der Waals surface area contributed by atoms with Gasteiger partial charge in [-0.15, -0.1) is 0 Å². The van der Waals surface area contributed by atoms with E-state index >= 15 is 0 Å². The Morgan fingerprint density at radius 2 is 1.77 bits per heavy atom. The maximum Gasteiger partial charge on any atom is 0.262 e. The average molecular weight is 514 g/mol. The number of piperazine rings is 1. The molecule has 35 heavy (non-hydrogen) atoms. The first-order chi connectivity index (χ1) is 17.0. The zero-order chi connectivity index (χ0) is 24.5. The van der Waals surface area contributed by atoms with Crippen molar-refractivity contribution in [1.29, 1.82) is 0 Å². The van der Waals surface area contributed by atoms with Gasteiger partial charge in [0.2, 0.25) is 5.91 Å². The first-order valence-electron chi connectivity index (χ1n) is 11.3. The molecule has 2 aromatic carbocycles. The minimum absolute atomic E-state index is 0.273. The van der Waals surface area contributed by atoms with Crippen molar-refractivity contribution in [2.75, 3.05) is 57.8 Å². The van der Waals surface area contributed by atoms with Crippen LogP contribution in [0.2, 0.25) is 5.02 Å². The lowest BCUT2D eigenvalue weighted by Crippen LogP contribution is -2.49. The van der Waals surface area contributed by atoms with Crippen molar-refractivity contribution in [1.82, 2.24) is 20.1 Å². The number of ether oxygens (including phenoxy) is 1. The number of benzene rings is 2. The van der Waals surface area contributed by atoms with E-state index in [4.69, 9.17) is 21.3 Å². The fraction of sp³-hybridized carbons (Fsp3) is 0.333. The van der Waals surface area contributed by atoms with Gasteiger partial charge in [-0.3, -0.25) is 24.2 Å². The number of halogens is 1. The predicted molar refractivity (Wildman–Crippen MR) is 135 cm³/mol. The van der Waals surface area contributed by atoms with E-state index in [0.29, 0.717) is 35.0 Å². The van der Waals surface area contributed by atoms with Crippen LogP contribution in [0.3, 0.4) is 0 Å². The summed E-state index contributed by atoms with van der Waals surface area (Å²) in [7, 11) is 1.59. The van der Waals surface area contributed by atoms with Crippen molar-refractivity contribution in [3.05, 3.63) is 52.5 Å². The highest BCUT2D eigenvalue weighted by Crippen LogP contribution is 2.38. The van der Waals surface area contributed by atoms with Crippen LogP contribution in [0.25, 0.3) is 10.2 Å². The van der Waals surface area contributed by atoms with E-state index in [9.17, 15) is 14.4 Å². The summed E-state index contributed by atoms with van der Waals surface area (Å²) in [6.07, 6.45) is 0. The molecular weight excluding hydrogens is 490 g/mol. The van der Waals surface area contributed by atoms with Gasteiger partial charge in [0, 0.05) is 39.3 Å². The van der Waals surface area contributed by atoms with Crippen LogP contribution in [0.5, 0.6) is 5.75 Å². The number of fused-ring (bicyclic) bond motifs is 2. The predicted octanol–water partition coefficient (Wildman–Crippen LogP) is 2.49. The first-order valence-corrected chi connectivity index (χ1v) is 12.5. The highest BCUT2D eigenvalue weighted by atomic mass is 35.5. The SMILES string of the molecule is COc1c(Cl)ccc2sc(N3CCN(CCNC(=O)CN4C(=O)c5ccccc5C4=O)CC3)nc12. The van der Waals surface area contributed by atoms with Gasteiger partial charge < -0.3 is 15.0 Å². The fourth-order valence-corrected chi connectivity index (χ4v) is 5.61. The summed E-state index contributed by atoms with van der Waals surface area (Å²) in [5.41, 5.74) is 1.47. The van der Waals surface area contributed by atoms with Gasteiger partial charge in [-0.05, 0) is 24.3 Å². The van der Waals surface area contributed by atoms with Gasteiger partial charge in [0.25, 0.3) is 11.8 Å². The van der Waals surface area contributed by atoms with Crippen molar-refractivity contribution in [2.45, 2.75) is 0 Å². The van der Waals surface area contributed by atoms with Crippen LogP contribution in [0.4, 0.5) is 5.13 Å². The quantitative estimate of drug-likeness (QED) is 0.485. The lowest BCUT2D eigenvalue weighted by Gasteiger charge is -2.34. The minimum Gasteiger partial charge on any atom is -0.493 e. The highest BCUT2D eigenvalue weighted by Gasteiger charge is 2.36. The molecule has 1 aromatic heterocycles. The summed E-state index contributed by atoms with van der Waals surface area (Å²) in [4.78, 5) is 47.5. The van der Waals surface area contributed by atoms with E-state index in [-0.39, 0.29) is 12.5 Å². The van der Waals surface area contributed by atoms with Crippen LogP contribution in [-0.4, -0.2) is 85.4 Å². The molecule has 11 heteroatoms. The van der Waals surface area contributed by atoms with E-state index in [1.165, 1.54) is 0 Å². The Morgan fingerprint density at radius 1 is 1.09 bits per heavy atom. The van der Waals surface area contributed by atoms with E-state index in [1.807, 2.05) is 12.1 Å². The summed E-state index contributed by atoms with van der Waals surface area (Å²) in [5, 5.41) is 4.31. The maximum atomic E-state index is 12.4. The molecule has 0 atom stereocenters. The van der Waals surface area contributed by atoms with Crippen LogP contribution in [0.1, 0.15) is 20.7 Å². The normalized spacial score (nSPS) is 16.2. The molecule has 1 fully saturated rings. The third-order valence-corrected chi connectivity index (χ3v) is 7.61. The van der Waals surface area contributed by atoms with E-state index in [2.05, 4.69) is 15.1 Å². The molecule has 5 rings (SSSR count). The van der Waals surface area contributed by atoms with Gasteiger partial charge in [-0.1, -0.05) is 35.1 Å². The van der Waals surface area contributed by atoms with Gasteiger partial charge >= 0.3 is 0 Å². The number of rotatable bonds is 7. The summed E-state index contributed by atoms with van der Waals surface area (Å²) >= 11 is 7.84. The topological polar surface area (TPSA) is 95.1 Å². The lowest BCUT2D eigenvalue weighted by molar-refractivity contribution is -0.121. The molecule has 3 heterocycles. The zero-order valence-electron chi connectivity index (χ0n) is 19.1. The highest BCUT2D eigenvalue weighted by molar-refractivity contribution is 7.22. The zero-order valence-corrected chi connectivity index (χ0v) is 20.7. The van der Waals surface area contributed by atoms with Gasteiger partial charge in [-0.2, -0.15) is 0 Å². The summed E-state index contributed by atoms with van der Waals surface area (Å²) < 4.78 is 6.45. The molecular formula is C24H24ClN5O4S. The third kappa shape index (κ3) is 4.56. The van der Waals surface area contributed by atoms with Crippen molar-refractivity contribution in [3.63, 3.8) is 0 Å². The number of aromatic nitrogens is 1. The largest absolute Gasteiger partial charge is 0.493 e. The minimum atomic E-state index is -0.424. The van der Waals surface area contributed by atoms with Crippen LogP contribution in [0, 0.1) is 0 Å². The number of carbonyl (C=O) groups excluding carboxylic acids is 3. The number of hydrogen-bond acceptors (Lipinski definition) is 8. The number of nitrogens with one attached hydrogen (secondary N) is 1. The maximum absolute atomic E-state index is 12.4. The molecule has 3 aromatic rings. The molecule has 0 unspecified atom stereocenters. The number of anilines is 1. The van der Waals surface area contributed by atoms with Crippen LogP contribution < -0.4 is 15.0 Å². The van der Waals surface area contributed by atoms with Crippen molar-refractivity contribution in [2.24, 2.45) is 0 Å². The standard InChI is InChI=1S/C24H24ClN5O4S/c1-34-21-17(25)6-7-18-20(21)27-24(35-18)29-12-10-28(11-13-29)9-8-26-19(31)14-30-22(32)15-4-2-3-5-16(15)23(30)33/h2-7H,8-14H2,1H3,(H,26,31). The van der Waals surface area contributed by atoms with E-state index in [0.717, 1.165) is 46.4 Å². The third-order valence-electron chi connectivity index (χ3n) is 6.23.